The smallest absolute Gasteiger partial charge is 0.224 e. The summed E-state index contributed by atoms with van der Waals surface area (Å²) in [4.78, 5) is 11.9. The van der Waals surface area contributed by atoms with Gasteiger partial charge < -0.3 is 10.6 Å². The molecule has 1 aromatic carbocycles. The number of hydrogen-bond donors (Lipinski definition) is 2. The molecule has 1 aliphatic rings. The first-order valence-electron chi connectivity index (χ1n) is 7.71. The number of nitrogens with zero attached hydrogens (tertiary/aromatic N) is 4. The van der Waals surface area contributed by atoms with Crippen LogP contribution >= 0.6 is 24.0 Å². The van der Waals surface area contributed by atoms with E-state index < -0.39 is 0 Å². The van der Waals surface area contributed by atoms with E-state index in [9.17, 15) is 4.79 Å². The average molecular weight is 371 g/mol. The predicted octanol–water partition coefficient (Wildman–Crippen LogP) is 2.55. The number of rotatable bonds is 7. The molecule has 130 valence electrons. The van der Waals surface area contributed by atoms with Gasteiger partial charge in [0.2, 0.25) is 5.91 Å². The standard InChI is InChI=1S/C15H19ClN6O.ClH/c1-17-8-2-3-14(23)18-11-6-7-12(16)13(9-11)22-15(10-4-5-10)19-20-21-22;/h6-7,9-10,17H,2-5,8H2,1H3,(H,18,23);1H. The fourth-order valence-corrected chi connectivity index (χ4v) is 2.56. The zero-order chi connectivity index (χ0) is 16.2. The topological polar surface area (TPSA) is 84.7 Å². The summed E-state index contributed by atoms with van der Waals surface area (Å²) in [5.74, 6) is 1.21. The highest BCUT2D eigenvalue weighted by molar-refractivity contribution is 6.32. The average Bonchev–Trinajstić information content (AvgIpc) is 3.27. The summed E-state index contributed by atoms with van der Waals surface area (Å²) in [5, 5.41) is 18.3. The van der Waals surface area contributed by atoms with Crippen LogP contribution in [-0.2, 0) is 4.79 Å². The molecule has 0 aliphatic heterocycles. The Labute approximate surface area is 151 Å². The molecule has 1 aliphatic carbocycles. The van der Waals surface area contributed by atoms with Gasteiger partial charge in [-0.2, -0.15) is 4.68 Å². The minimum Gasteiger partial charge on any atom is -0.326 e. The van der Waals surface area contributed by atoms with Gasteiger partial charge in [-0.1, -0.05) is 11.6 Å². The number of anilines is 1. The van der Waals surface area contributed by atoms with Crippen LogP contribution in [-0.4, -0.2) is 39.7 Å². The highest BCUT2D eigenvalue weighted by atomic mass is 35.5. The number of carbonyl (C=O) groups is 1. The molecular weight excluding hydrogens is 351 g/mol. The quantitative estimate of drug-likeness (QED) is 0.731. The van der Waals surface area contributed by atoms with Crippen LogP contribution in [0.2, 0.25) is 5.02 Å². The molecule has 1 saturated carbocycles. The highest BCUT2D eigenvalue weighted by Gasteiger charge is 2.30. The molecule has 2 aromatic rings. The molecule has 0 bridgehead atoms. The minimum absolute atomic E-state index is 0. The second kappa shape index (κ2) is 8.41. The van der Waals surface area contributed by atoms with Crippen LogP contribution in [0.3, 0.4) is 0 Å². The Bertz CT molecular complexity index is 701. The number of amides is 1. The van der Waals surface area contributed by atoms with Gasteiger partial charge in [0.25, 0.3) is 0 Å². The van der Waals surface area contributed by atoms with Crippen LogP contribution in [0.15, 0.2) is 18.2 Å². The summed E-state index contributed by atoms with van der Waals surface area (Å²) in [6, 6.07) is 5.34. The van der Waals surface area contributed by atoms with E-state index in [1.165, 1.54) is 0 Å². The van der Waals surface area contributed by atoms with Gasteiger partial charge in [0.15, 0.2) is 5.82 Å². The van der Waals surface area contributed by atoms with E-state index in [-0.39, 0.29) is 18.3 Å². The molecule has 0 unspecified atom stereocenters. The Hall–Kier alpha value is -1.70. The molecule has 1 heterocycles. The lowest BCUT2D eigenvalue weighted by Gasteiger charge is -2.10. The molecule has 1 fully saturated rings. The van der Waals surface area contributed by atoms with Crippen molar-refractivity contribution in [2.75, 3.05) is 18.9 Å². The van der Waals surface area contributed by atoms with Gasteiger partial charge in [-0.3, -0.25) is 4.79 Å². The number of halogens is 2. The molecule has 2 N–H and O–H groups in total. The molecule has 24 heavy (non-hydrogen) atoms. The molecule has 0 spiro atoms. The summed E-state index contributed by atoms with van der Waals surface area (Å²) in [7, 11) is 1.87. The first kappa shape index (κ1) is 18.6. The maximum atomic E-state index is 11.9. The monoisotopic (exact) mass is 370 g/mol. The van der Waals surface area contributed by atoms with Gasteiger partial charge >= 0.3 is 0 Å². The molecular formula is C15H20Cl2N6O. The third-order valence-electron chi connectivity index (χ3n) is 3.72. The number of tetrazole rings is 1. The van der Waals surface area contributed by atoms with Crippen molar-refractivity contribution in [2.24, 2.45) is 0 Å². The molecule has 0 saturated heterocycles. The number of aromatic nitrogens is 4. The lowest BCUT2D eigenvalue weighted by atomic mass is 10.2. The summed E-state index contributed by atoms with van der Waals surface area (Å²) in [6.07, 6.45) is 3.46. The number of hydrogen-bond acceptors (Lipinski definition) is 5. The number of nitrogens with one attached hydrogen (secondary N) is 2. The van der Waals surface area contributed by atoms with E-state index in [1.54, 1.807) is 22.9 Å². The van der Waals surface area contributed by atoms with Crippen molar-refractivity contribution in [1.82, 2.24) is 25.5 Å². The van der Waals surface area contributed by atoms with Crippen LogP contribution in [0, 0.1) is 0 Å². The Kier molecular flexibility index (Phi) is 6.53. The van der Waals surface area contributed by atoms with Crippen molar-refractivity contribution in [3.05, 3.63) is 29.0 Å². The Balaban J connectivity index is 0.00000208. The van der Waals surface area contributed by atoms with Crippen molar-refractivity contribution in [1.29, 1.82) is 0 Å². The predicted molar refractivity (Wildman–Crippen MR) is 95.2 cm³/mol. The first-order chi connectivity index (χ1) is 11.2. The lowest BCUT2D eigenvalue weighted by molar-refractivity contribution is -0.116. The van der Waals surface area contributed by atoms with E-state index in [1.807, 2.05) is 7.05 Å². The van der Waals surface area contributed by atoms with Crippen LogP contribution in [0.4, 0.5) is 5.69 Å². The summed E-state index contributed by atoms with van der Waals surface area (Å²) in [6.45, 7) is 0.814. The maximum Gasteiger partial charge on any atom is 0.224 e. The van der Waals surface area contributed by atoms with E-state index in [2.05, 4.69) is 26.2 Å². The summed E-state index contributed by atoms with van der Waals surface area (Å²) < 4.78 is 1.66. The largest absolute Gasteiger partial charge is 0.326 e. The van der Waals surface area contributed by atoms with Crippen molar-refractivity contribution in [2.45, 2.75) is 31.6 Å². The van der Waals surface area contributed by atoms with E-state index >= 15 is 0 Å². The third kappa shape index (κ3) is 4.43. The second-order valence-electron chi connectivity index (χ2n) is 5.64. The molecule has 1 amide bonds. The summed E-state index contributed by atoms with van der Waals surface area (Å²) in [5.41, 5.74) is 1.38. The van der Waals surface area contributed by atoms with Crippen LogP contribution in [0.1, 0.15) is 37.4 Å². The molecule has 0 atom stereocenters. The van der Waals surface area contributed by atoms with E-state index in [0.717, 1.165) is 31.6 Å². The molecule has 9 heteroatoms. The fraction of sp³-hybridized carbons (Fsp3) is 0.467. The zero-order valence-electron chi connectivity index (χ0n) is 13.3. The fourth-order valence-electron chi connectivity index (χ4n) is 2.36. The molecule has 0 radical (unpaired) electrons. The first-order valence-corrected chi connectivity index (χ1v) is 8.09. The van der Waals surface area contributed by atoms with Crippen LogP contribution < -0.4 is 10.6 Å². The third-order valence-corrected chi connectivity index (χ3v) is 4.04. The van der Waals surface area contributed by atoms with Gasteiger partial charge in [-0.15, -0.1) is 17.5 Å². The Morgan fingerprint density at radius 3 is 2.92 bits per heavy atom. The second-order valence-corrected chi connectivity index (χ2v) is 6.05. The van der Waals surface area contributed by atoms with Crippen molar-refractivity contribution >= 4 is 35.6 Å². The highest BCUT2D eigenvalue weighted by Crippen LogP contribution is 2.39. The van der Waals surface area contributed by atoms with Crippen molar-refractivity contribution in [3.63, 3.8) is 0 Å². The van der Waals surface area contributed by atoms with Gasteiger partial charge in [0, 0.05) is 18.0 Å². The van der Waals surface area contributed by atoms with E-state index in [4.69, 9.17) is 11.6 Å². The number of carbonyl (C=O) groups excluding carboxylic acids is 1. The molecule has 7 nitrogen and oxygen atoms in total. The molecule has 3 rings (SSSR count). The van der Waals surface area contributed by atoms with Crippen molar-refractivity contribution in [3.8, 4) is 5.69 Å². The SMILES string of the molecule is CNCCCC(=O)Nc1ccc(Cl)c(-n2nnnc2C2CC2)c1.Cl. The Morgan fingerprint density at radius 1 is 1.42 bits per heavy atom. The van der Waals surface area contributed by atoms with Gasteiger partial charge in [-0.25, -0.2) is 0 Å². The van der Waals surface area contributed by atoms with Crippen LogP contribution in [0.5, 0.6) is 0 Å². The van der Waals surface area contributed by atoms with Gasteiger partial charge in [-0.05, 0) is 61.5 Å². The van der Waals surface area contributed by atoms with Crippen LogP contribution in [0.25, 0.3) is 5.69 Å². The van der Waals surface area contributed by atoms with Crippen molar-refractivity contribution < 1.29 is 4.79 Å². The number of benzene rings is 1. The summed E-state index contributed by atoms with van der Waals surface area (Å²) >= 11 is 6.29. The lowest BCUT2D eigenvalue weighted by Crippen LogP contribution is -2.15. The Morgan fingerprint density at radius 2 is 2.21 bits per heavy atom. The maximum absolute atomic E-state index is 11.9. The molecule has 1 aromatic heterocycles. The zero-order valence-corrected chi connectivity index (χ0v) is 14.9. The van der Waals surface area contributed by atoms with Gasteiger partial charge in [0.05, 0.1) is 10.7 Å². The minimum atomic E-state index is -0.0207. The van der Waals surface area contributed by atoms with E-state index in [0.29, 0.717) is 28.7 Å². The normalized spacial score (nSPS) is 13.4. The van der Waals surface area contributed by atoms with Gasteiger partial charge in [0.1, 0.15) is 0 Å².